The van der Waals surface area contributed by atoms with Gasteiger partial charge >= 0.3 is 0 Å². The lowest BCUT2D eigenvalue weighted by Crippen LogP contribution is -2.54. The quantitative estimate of drug-likeness (QED) is 0.0633. The minimum absolute atomic E-state index is 0.00520. The van der Waals surface area contributed by atoms with Crippen LogP contribution in [0.2, 0.25) is 0 Å². The summed E-state index contributed by atoms with van der Waals surface area (Å²) in [6.07, 6.45) is 13.3. The summed E-state index contributed by atoms with van der Waals surface area (Å²) in [4.78, 5) is 91.5. The number of aromatic nitrogens is 3. The molecule has 58 heavy (non-hydrogen) atoms. The third-order valence-electron chi connectivity index (χ3n) is 11.7. The van der Waals surface area contributed by atoms with Gasteiger partial charge in [0.15, 0.2) is 5.78 Å². The molecule has 4 aliphatic rings. The van der Waals surface area contributed by atoms with Crippen molar-refractivity contribution in [1.29, 1.82) is 0 Å². The Morgan fingerprint density at radius 2 is 1.71 bits per heavy atom. The van der Waals surface area contributed by atoms with E-state index in [1.165, 1.54) is 0 Å². The summed E-state index contributed by atoms with van der Waals surface area (Å²) >= 11 is 0. The Balaban J connectivity index is 0.750. The number of carbonyl (C=O) groups excluding carboxylic acids is 6. The molecule has 1 atom stereocenters. The second-order valence-electron chi connectivity index (χ2n) is 15.8. The van der Waals surface area contributed by atoms with Crippen LogP contribution in [-0.2, 0) is 25.5 Å². The van der Waals surface area contributed by atoms with Crippen LogP contribution in [0.15, 0.2) is 61.1 Å². The molecule has 5 heterocycles. The molecule has 4 amide bonds. The molecular weight excluding hydrogens is 739 g/mol. The number of hydrogen-bond acceptors (Lipinski definition) is 12. The first kappa shape index (κ1) is 39.0. The number of Topliss-reactive ketones (excluding diaryl/α,β-unsaturated/α-hetero) is 2. The number of ether oxygens (including phenoxy) is 1. The highest BCUT2D eigenvalue weighted by Crippen LogP contribution is 2.35. The molecule has 0 spiro atoms. The van der Waals surface area contributed by atoms with E-state index in [1.807, 2.05) is 30.3 Å². The summed E-state index contributed by atoms with van der Waals surface area (Å²) in [5, 5.41) is 9.97. The molecule has 300 valence electrons. The van der Waals surface area contributed by atoms with Crippen LogP contribution >= 0.6 is 0 Å². The van der Waals surface area contributed by atoms with Crippen LogP contribution in [0.1, 0.15) is 114 Å². The number of piperidine rings is 1. The first-order chi connectivity index (χ1) is 28.2. The number of nitrogens with one attached hydrogen (secondary N) is 3. The lowest BCUT2D eigenvalue weighted by Gasteiger charge is -2.27. The number of imide groups is 2. The molecule has 14 nitrogen and oxygen atoms in total. The molecule has 1 unspecified atom stereocenters. The van der Waals surface area contributed by atoms with Crippen LogP contribution in [0.5, 0.6) is 0 Å². The van der Waals surface area contributed by atoms with Gasteiger partial charge in [-0.3, -0.25) is 44.0 Å². The van der Waals surface area contributed by atoms with Crippen molar-refractivity contribution < 1.29 is 33.5 Å². The Kier molecular flexibility index (Phi) is 11.6. The van der Waals surface area contributed by atoms with E-state index in [9.17, 15) is 28.8 Å². The lowest BCUT2D eigenvalue weighted by atomic mass is 9.77. The zero-order valence-electron chi connectivity index (χ0n) is 32.3. The van der Waals surface area contributed by atoms with Gasteiger partial charge in [-0.25, -0.2) is 9.97 Å². The molecule has 3 fully saturated rings. The van der Waals surface area contributed by atoms with Crippen LogP contribution < -0.4 is 16.0 Å². The number of ketones is 2. The minimum Gasteiger partial charge on any atom is -0.382 e. The molecule has 14 heteroatoms. The molecule has 1 saturated heterocycles. The van der Waals surface area contributed by atoms with Crippen LogP contribution in [0.25, 0.3) is 10.9 Å². The second kappa shape index (κ2) is 17.3. The number of fused-ring (bicyclic) bond motifs is 2. The van der Waals surface area contributed by atoms with Crippen molar-refractivity contribution in [3.63, 3.8) is 0 Å². The lowest BCUT2D eigenvalue weighted by molar-refractivity contribution is -0.136. The van der Waals surface area contributed by atoms with E-state index in [0.717, 1.165) is 60.0 Å². The summed E-state index contributed by atoms with van der Waals surface area (Å²) in [7, 11) is 0. The molecule has 3 N–H and O–H groups in total. The fourth-order valence-corrected chi connectivity index (χ4v) is 8.35. The number of anilines is 3. The maximum atomic E-state index is 13.6. The van der Waals surface area contributed by atoms with E-state index in [4.69, 9.17) is 4.74 Å². The van der Waals surface area contributed by atoms with Gasteiger partial charge in [-0.1, -0.05) is 12.1 Å². The highest BCUT2D eigenvalue weighted by molar-refractivity contribution is 6.24. The van der Waals surface area contributed by atoms with Crippen molar-refractivity contribution in [2.24, 2.45) is 11.8 Å². The van der Waals surface area contributed by atoms with Crippen molar-refractivity contribution in [1.82, 2.24) is 25.2 Å². The number of nitrogens with zero attached hydrogens (tertiary/aromatic N) is 4. The van der Waals surface area contributed by atoms with Crippen molar-refractivity contribution in [3.8, 4) is 0 Å². The summed E-state index contributed by atoms with van der Waals surface area (Å²) < 4.78 is 5.84. The molecule has 3 aromatic heterocycles. The summed E-state index contributed by atoms with van der Waals surface area (Å²) in [5.41, 5.74) is 3.51. The number of amides is 4. The molecule has 0 radical (unpaired) electrons. The highest BCUT2D eigenvalue weighted by atomic mass is 16.5. The van der Waals surface area contributed by atoms with Gasteiger partial charge in [0, 0.05) is 74.5 Å². The number of benzene rings is 1. The van der Waals surface area contributed by atoms with Gasteiger partial charge in [-0.05, 0) is 100.0 Å². The van der Waals surface area contributed by atoms with E-state index in [1.54, 1.807) is 30.7 Å². The predicted molar refractivity (Wildman–Crippen MR) is 215 cm³/mol. The Bertz CT molecular complexity index is 2270. The van der Waals surface area contributed by atoms with Gasteiger partial charge in [-0.2, -0.15) is 0 Å². The Labute approximate surface area is 335 Å². The molecule has 8 rings (SSSR count). The van der Waals surface area contributed by atoms with E-state index in [2.05, 4.69) is 30.9 Å². The van der Waals surface area contributed by atoms with Gasteiger partial charge in [0.2, 0.25) is 11.8 Å². The van der Waals surface area contributed by atoms with Crippen LogP contribution in [0, 0.1) is 11.8 Å². The third-order valence-corrected chi connectivity index (χ3v) is 11.7. The van der Waals surface area contributed by atoms with E-state index in [-0.39, 0.29) is 41.8 Å². The topological polar surface area (TPSA) is 190 Å². The molecule has 0 bridgehead atoms. The monoisotopic (exact) mass is 785 g/mol. The number of rotatable bonds is 17. The summed E-state index contributed by atoms with van der Waals surface area (Å²) in [6.45, 7) is 0.877. The van der Waals surface area contributed by atoms with Crippen molar-refractivity contribution in [2.45, 2.75) is 95.6 Å². The predicted octanol–water partition coefficient (Wildman–Crippen LogP) is 6.12. The molecule has 4 aromatic rings. The fraction of sp³-hybridized carbons (Fsp3) is 0.432. The second-order valence-corrected chi connectivity index (χ2v) is 15.8. The SMILES string of the molecule is O=C1CCC(N2C(=O)c3cccc(CCCOCCCC(=O)C4CCC(CC(=O)c5cnc(Nc6ccc7cnccc7n6)cc5NC5CC5)CC4)c3C2=O)C(=O)N1. The first-order valence-corrected chi connectivity index (χ1v) is 20.4. The van der Waals surface area contributed by atoms with Gasteiger partial charge < -0.3 is 15.4 Å². The van der Waals surface area contributed by atoms with E-state index >= 15 is 0 Å². The smallest absolute Gasteiger partial charge is 0.262 e. The van der Waals surface area contributed by atoms with Crippen LogP contribution in [0.3, 0.4) is 0 Å². The molecule has 2 saturated carbocycles. The standard InChI is InChI=1S/C44H47N7O7/c52-36(7-3-21-58-20-2-5-28-4-1-6-31-41(28)44(57)51(43(31)56)35-15-17-40(54)50-42(35)55)27-10-8-26(9-11-27)22-37(53)32-25-46-39(23-34(32)47-30-13-14-30)49-38-16-12-29-24-45-19-18-33(29)48-38/h1,4,6,12,16,18-19,23-27,30,35H,2-3,5,7-11,13-15,17,20-22H2,(H,50,54,55)(H2,46,47,48,49). The molecular formula is C44H47N7O7. The average Bonchev–Trinajstić information content (AvgIpc) is 4.01. The Hall–Kier alpha value is -5.89. The van der Waals surface area contributed by atoms with Gasteiger partial charge in [0.1, 0.15) is 23.5 Å². The van der Waals surface area contributed by atoms with Crippen molar-refractivity contribution >= 4 is 63.4 Å². The van der Waals surface area contributed by atoms with Crippen molar-refractivity contribution in [3.05, 3.63) is 83.3 Å². The van der Waals surface area contributed by atoms with Gasteiger partial charge in [0.25, 0.3) is 11.8 Å². The average molecular weight is 786 g/mol. The van der Waals surface area contributed by atoms with Crippen molar-refractivity contribution in [2.75, 3.05) is 23.8 Å². The minimum atomic E-state index is -0.999. The Morgan fingerprint density at radius 1 is 0.879 bits per heavy atom. The normalized spacial score (nSPS) is 20.6. The number of hydrogen-bond donors (Lipinski definition) is 3. The third kappa shape index (κ3) is 8.81. The Morgan fingerprint density at radius 3 is 2.52 bits per heavy atom. The first-order valence-electron chi connectivity index (χ1n) is 20.4. The number of pyridine rings is 3. The van der Waals surface area contributed by atoms with Crippen LogP contribution in [-0.4, -0.2) is 80.3 Å². The summed E-state index contributed by atoms with van der Waals surface area (Å²) in [5.74, 6) is -0.254. The maximum absolute atomic E-state index is 13.6. The largest absolute Gasteiger partial charge is 0.382 e. The van der Waals surface area contributed by atoms with Crippen LogP contribution in [0.4, 0.5) is 17.3 Å². The molecule has 2 aliphatic carbocycles. The maximum Gasteiger partial charge on any atom is 0.262 e. The van der Waals surface area contributed by atoms with E-state index < -0.39 is 29.7 Å². The molecule has 1 aromatic carbocycles. The fourth-order valence-electron chi connectivity index (χ4n) is 8.35. The zero-order chi connectivity index (χ0) is 40.2. The van der Waals surface area contributed by atoms with Gasteiger partial charge in [0.05, 0.1) is 27.9 Å². The number of aryl methyl sites for hydroxylation is 1. The van der Waals surface area contributed by atoms with E-state index in [0.29, 0.717) is 79.7 Å². The highest BCUT2D eigenvalue weighted by Gasteiger charge is 2.45. The zero-order valence-corrected chi connectivity index (χ0v) is 32.3. The number of carbonyl (C=O) groups is 6. The summed E-state index contributed by atoms with van der Waals surface area (Å²) in [6, 6.07) is 12.1. The molecule has 2 aliphatic heterocycles. The van der Waals surface area contributed by atoms with Gasteiger partial charge in [-0.15, -0.1) is 0 Å².